The molecule has 0 aliphatic carbocycles. The molecule has 2 nitrogen and oxygen atoms in total. The fraction of sp³-hybridized carbons (Fsp3) is 0.900. The molecular weight excluding hydrogens is 150 g/mol. The second-order valence-electron chi connectivity index (χ2n) is 3.77. The largest absolute Gasteiger partial charge is 0.303 e. The number of carbonyl (C=O) groups is 1. The van der Waals surface area contributed by atoms with E-state index in [1.807, 2.05) is 0 Å². The number of ketones is 1. The van der Waals surface area contributed by atoms with Crippen LogP contribution in [0.3, 0.4) is 0 Å². The molecule has 1 saturated heterocycles. The maximum absolute atomic E-state index is 11.3. The highest BCUT2D eigenvalue weighted by Crippen LogP contribution is 2.18. The zero-order valence-electron chi connectivity index (χ0n) is 8.18. The number of nitrogens with zero attached hydrogens (tertiary/aromatic N) is 1. The summed E-state index contributed by atoms with van der Waals surface area (Å²) in [6.45, 7) is 3.24. The number of rotatable bonds is 4. The van der Waals surface area contributed by atoms with Gasteiger partial charge in [-0.3, -0.25) is 4.79 Å². The molecule has 0 aromatic rings. The molecule has 0 amide bonds. The van der Waals surface area contributed by atoms with Crippen LogP contribution in [0.4, 0.5) is 0 Å². The predicted octanol–water partition coefficient (Wildman–Crippen LogP) is 1.84. The third-order valence-electron chi connectivity index (χ3n) is 2.66. The molecule has 0 aromatic carbocycles. The van der Waals surface area contributed by atoms with E-state index in [0.717, 1.165) is 19.3 Å². The Morgan fingerprint density at radius 1 is 1.58 bits per heavy atom. The highest BCUT2D eigenvalue weighted by atomic mass is 16.1. The van der Waals surface area contributed by atoms with Gasteiger partial charge in [0.2, 0.25) is 0 Å². The summed E-state index contributed by atoms with van der Waals surface area (Å²) in [6, 6.07) is 0.545. The maximum Gasteiger partial charge on any atom is 0.134 e. The van der Waals surface area contributed by atoms with Crippen LogP contribution in [0.15, 0.2) is 0 Å². The van der Waals surface area contributed by atoms with Crippen molar-refractivity contribution in [3.05, 3.63) is 0 Å². The van der Waals surface area contributed by atoms with Gasteiger partial charge in [-0.1, -0.05) is 6.92 Å². The van der Waals surface area contributed by atoms with E-state index in [-0.39, 0.29) is 0 Å². The van der Waals surface area contributed by atoms with E-state index in [1.54, 1.807) is 0 Å². The number of Topliss-reactive ketones (excluding diaryl/α,β-unsaturated/α-hetero) is 1. The summed E-state index contributed by atoms with van der Waals surface area (Å²) in [7, 11) is 2.12. The minimum atomic E-state index is 0.441. The van der Waals surface area contributed by atoms with Crippen molar-refractivity contribution in [2.75, 3.05) is 13.6 Å². The second kappa shape index (κ2) is 4.61. The Morgan fingerprint density at radius 2 is 2.33 bits per heavy atom. The van der Waals surface area contributed by atoms with Gasteiger partial charge in [0.15, 0.2) is 0 Å². The fourth-order valence-electron chi connectivity index (χ4n) is 1.88. The van der Waals surface area contributed by atoms with E-state index in [2.05, 4.69) is 18.9 Å². The SMILES string of the molecule is CCCC(=O)C[C@@H]1CCCN1C. The number of carbonyl (C=O) groups excluding carboxylic acids is 1. The van der Waals surface area contributed by atoms with Crippen LogP contribution in [-0.4, -0.2) is 30.3 Å². The fourth-order valence-corrected chi connectivity index (χ4v) is 1.88. The van der Waals surface area contributed by atoms with Crippen molar-refractivity contribution >= 4 is 5.78 Å². The Bertz CT molecular complexity index is 156. The zero-order chi connectivity index (χ0) is 8.97. The van der Waals surface area contributed by atoms with Gasteiger partial charge in [-0.05, 0) is 32.9 Å². The Morgan fingerprint density at radius 3 is 2.83 bits per heavy atom. The summed E-state index contributed by atoms with van der Waals surface area (Å²) in [5, 5.41) is 0. The van der Waals surface area contributed by atoms with Crippen molar-refractivity contribution < 1.29 is 4.79 Å². The van der Waals surface area contributed by atoms with Crippen LogP contribution in [0.5, 0.6) is 0 Å². The third kappa shape index (κ3) is 2.59. The Labute approximate surface area is 74.9 Å². The van der Waals surface area contributed by atoms with Crippen LogP contribution >= 0.6 is 0 Å². The van der Waals surface area contributed by atoms with Crippen LogP contribution in [0.1, 0.15) is 39.0 Å². The predicted molar refractivity (Wildman–Crippen MR) is 50.2 cm³/mol. The van der Waals surface area contributed by atoms with E-state index in [9.17, 15) is 4.79 Å². The van der Waals surface area contributed by atoms with Gasteiger partial charge in [0.05, 0.1) is 0 Å². The zero-order valence-corrected chi connectivity index (χ0v) is 8.18. The lowest BCUT2D eigenvalue weighted by Crippen LogP contribution is -2.27. The Kier molecular flexibility index (Phi) is 3.73. The number of likely N-dealkylation sites (tertiary alicyclic amines) is 1. The number of hydrogen-bond donors (Lipinski definition) is 0. The summed E-state index contributed by atoms with van der Waals surface area (Å²) in [5.74, 6) is 0.441. The summed E-state index contributed by atoms with van der Waals surface area (Å²) < 4.78 is 0. The normalized spacial score (nSPS) is 24.7. The van der Waals surface area contributed by atoms with Gasteiger partial charge in [0.25, 0.3) is 0 Å². The van der Waals surface area contributed by atoms with E-state index in [1.165, 1.54) is 19.4 Å². The quantitative estimate of drug-likeness (QED) is 0.640. The molecule has 1 atom stereocenters. The summed E-state index contributed by atoms with van der Waals surface area (Å²) >= 11 is 0. The first-order chi connectivity index (χ1) is 5.74. The van der Waals surface area contributed by atoms with Crippen LogP contribution in [0.25, 0.3) is 0 Å². The summed E-state index contributed by atoms with van der Waals surface area (Å²) in [6.07, 6.45) is 5.02. The van der Waals surface area contributed by atoms with Gasteiger partial charge in [0, 0.05) is 18.9 Å². The minimum Gasteiger partial charge on any atom is -0.303 e. The number of hydrogen-bond acceptors (Lipinski definition) is 2. The molecule has 0 spiro atoms. The first-order valence-corrected chi connectivity index (χ1v) is 4.96. The maximum atomic E-state index is 11.3. The monoisotopic (exact) mass is 169 g/mol. The molecule has 0 N–H and O–H groups in total. The first-order valence-electron chi connectivity index (χ1n) is 4.96. The second-order valence-corrected chi connectivity index (χ2v) is 3.77. The van der Waals surface area contributed by atoms with Gasteiger partial charge in [0.1, 0.15) is 5.78 Å². The molecule has 0 bridgehead atoms. The van der Waals surface area contributed by atoms with Crippen molar-refractivity contribution in [1.29, 1.82) is 0 Å². The Balaban J connectivity index is 2.25. The summed E-state index contributed by atoms with van der Waals surface area (Å²) in [4.78, 5) is 13.6. The van der Waals surface area contributed by atoms with E-state index < -0.39 is 0 Å². The van der Waals surface area contributed by atoms with E-state index in [0.29, 0.717) is 11.8 Å². The smallest absolute Gasteiger partial charge is 0.134 e. The third-order valence-corrected chi connectivity index (χ3v) is 2.66. The highest BCUT2D eigenvalue weighted by Gasteiger charge is 2.22. The standard InChI is InChI=1S/C10H19NO/c1-3-5-10(12)8-9-6-4-7-11(9)2/h9H,3-8H2,1-2H3/t9-/m0/s1. The Hall–Kier alpha value is -0.370. The van der Waals surface area contributed by atoms with Gasteiger partial charge in [-0.2, -0.15) is 0 Å². The van der Waals surface area contributed by atoms with Gasteiger partial charge < -0.3 is 4.90 Å². The van der Waals surface area contributed by atoms with E-state index in [4.69, 9.17) is 0 Å². The first kappa shape index (κ1) is 9.72. The average molecular weight is 169 g/mol. The van der Waals surface area contributed by atoms with Crippen molar-refractivity contribution in [3.63, 3.8) is 0 Å². The molecule has 1 heterocycles. The molecular formula is C10H19NO. The van der Waals surface area contributed by atoms with Crippen molar-refractivity contribution in [3.8, 4) is 0 Å². The molecule has 0 radical (unpaired) electrons. The molecule has 70 valence electrons. The molecule has 2 heteroatoms. The van der Waals surface area contributed by atoms with Crippen molar-refractivity contribution in [1.82, 2.24) is 4.90 Å². The van der Waals surface area contributed by atoms with Crippen LogP contribution in [-0.2, 0) is 4.79 Å². The topological polar surface area (TPSA) is 20.3 Å². The van der Waals surface area contributed by atoms with Crippen LogP contribution in [0, 0.1) is 0 Å². The molecule has 0 saturated carbocycles. The van der Waals surface area contributed by atoms with Crippen LogP contribution < -0.4 is 0 Å². The summed E-state index contributed by atoms with van der Waals surface area (Å²) in [5.41, 5.74) is 0. The lowest BCUT2D eigenvalue weighted by Gasteiger charge is -2.17. The molecule has 12 heavy (non-hydrogen) atoms. The van der Waals surface area contributed by atoms with Gasteiger partial charge in [-0.25, -0.2) is 0 Å². The minimum absolute atomic E-state index is 0.441. The van der Waals surface area contributed by atoms with Crippen LogP contribution in [0.2, 0.25) is 0 Å². The van der Waals surface area contributed by atoms with Gasteiger partial charge in [-0.15, -0.1) is 0 Å². The highest BCUT2D eigenvalue weighted by molar-refractivity contribution is 5.78. The van der Waals surface area contributed by atoms with Crippen molar-refractivity contribution in [2.45, 2.75) is 45.1 Å². The average Bonchev–Trinajstić information content (AvgIpc) is 2.37. The molecule has 0 unspecified atom stereocenters. The molecule has 1 aliphatic heterocycles. The lowest BCUT2D eigenvalue weighted by atomic mass is 10.1. The molecule has 1 aliphatic rings. The molecule has 0 aromatic heterocycles. The van der Waals surface area contributed by atoms with Crippen molar-refractivity contribution in [2.24, 2.45) is 0 Å². The van der Waals surface area contributed by atoms with Gasteiger partial charge >= 0.3 is 0 Å². The molecule has 1 rings (SSSR count). The molecule has 1 fully saturated rings. The van der Waals surface area contributed by atoms with E-state index >= 15 is 0 Å². The lowest BCUT2D eigenvalue weighted by molar-refractivity contribution is -0.120.